The predicted octanol–water partition coefficient (Wildman–Crippen LogP) is 6.32. The van der Waals surface area contributed by atoms with E-state index in [2.05, 4.69) is 22.6 Å². The number of para-hydroxylation sites is 2. The van der Waals surface area contributed by atoms with Gasteiger partial charge in [0.15, 0.2) is 0 Å². The molecule has 33 heavy (non-hydrogen) atoms. The Bertz CT molecular complexity index is 1270. The van der Waals surface area contributed by atoms with E-state index in [4.69, 9.17) is 14.5 Å². The van der Waals surface area contributed by atoms with Gasteiger partial charge in [0.25, 0.3) is 5.56 Å². The van der Waals surface area contributed by atoms with Crippen LogP contribution < -0.4 is 15.0 Å². The highest BCUT2D eigenvalue weighted by atomic mass is 127. The van der Waals surface area contributed by atoms with Crippen molar-refractivity contribution < 1.29 is 9.47 Å². The van der Waals surface area contributed by atoms with Crippen LogP contribution in [-0.2, 0) is 6.54 Å². The zero-order valence-electron chi connectivity index (χ0n) is 18.7. The maximum atomic E-state index is 13.3. The second-order valence-corrected chi connectivity index (χ2v) is 8.99. The first kappa shape index (κ1) is 23.3. The van der Waals surface area contributed by atoms with Crippen LogP contribution in [0, 0.1) is 3.57 Å². The third-order valence-corrected chi connectivity index (χ3v) is 6.47. The van der Waals surface area contributed by atoms with E-state index in [0.717, 1.165) is 51.8 Å². The average Bonchev–Trinajstić information content (AvgIpc) is 2.85. The molecule has 0 fully saturated rings. The molecular formula is C27H27IN2O3. The maximum absolute atomic E-state index is 13.3. The largest absolute Gasteiger partial charge is 0.497 e. The van der Waals surface area contributed by atoms with Gasteiger partial charge in [-0.05, 0) is 84.0 Å². The molecule has 0 aliphatic carbocycles. The Hall–Kier alpha value is -2.87. The number of halogens is 1. The second-order valence-electron chi connectivity index (χ2n) is 7.83. The fourth-order valence-corrected chi connectivity index (χ4v) is 4.35. The van der Waals surface area contributed by atoms with Crippen LogP contribution in [0.1, 0.15) is 25.7 Å². The minimum absolute atomic E-state index is 0.00778. The number of aromatic nitrogens is 2. The van der Waals surface area contributed by atoms with Gasteiger partial charge >= 0.3 is 0 Å². The first-order valence-electron chi connectivity index (χ1n) is 11.2. The molecule has 0 radical (unpaired) electrons. The fraction of sp³-hybridized carbons (Fsp3) is 0.259. The molecule has 0 saturated carbocycles. The summed E-state index contributed by atoms with van der Waals surface area (Å²) in [7, 11) is 1.64. The molecule has 6 heteroatoms. The van der Waals surface area contributed by atoms with E-state index in [1.54, 1.807) is 7.11 Å². The lowest BCUT2D eigenvalue weighted by molar-refractivity contribution is 0.302. The Morgan fingerprint density at radius 2 is 1.61 bits per heavy atom. The first-order chi connectivity index (χ1) is 16.2. The molecule has 0 atom stereocenters. The first-order valence-corrected chi connectivity index (χ1v) is 12.3. The third-order valence-electron chi connectivity index (χ3n) is 5.58. The van der Waals surface area contributed by atoms with E-state index in [9.17, 15) is 4.79 Å². The van der Waals surface area contributed by atoms with Gasteiger partial charge in [0.2, 0.25) is 0 Å². The summed E-state index contributed by atoms with van der Waals surface area (Å²) in [6, 6.07) is 23.3. The summed E-state index contributed by atoms with van der Waals surface area (Å²) in [5, 5.41) is 0.653. The summed E-state index contributed by atoms with van der Waals surface area (Å²) in [5.41, 5.74) is 1.63. The lowest BCUT2D eigenvalue weighted by atomic mass is 10.1. The Labute approximate surface area is 207 Å². The lowest BCUT2D eigenvalue weighted by Crippen LogP contribution is -2.23. The molecule has 1 heterocycles. The highest BCUT2D eigenvalue weighted by Crippen LogP contribution is 2.23. The van der Waals surface area contributed by atoms with Crippen LogP contribution in [-0.4, -0.2) is 23.3 Å². The zero-order valence-corrected chi connectivity index (χ0v) is 20.8. The van der Waals surface area contributed by atoms with E-state index in [-0.39, 0.29) is 5.56 Å². The van der Waals surface area contributed by atoms with Gasteiger partial charge in [0.05, 0.1) is 28.2 Å². The number of unbranched alkanes of at least 4 members (excludes halogenated alkanes) is 3. The summed E-state index contributed by atoms with van der Waals surface area (Å²) >= 11 is 2.29. The molecular weight excluding hydrogens is 527 g/mol. The number of fused-ring (bicyclic) bond motifs is 1. The molecule has 0 N–H and O–H groups in total. The number of rotatable bonds is 10. The molecule has 4 rings (SSSR count). The van der Waals surface area contributed by atoms with E-state index in [1.807, 2.05) is 77.4 Å². The number of hydrogen-bond donors (Lipinski definition) is 0. The number of hydrogen-bond acceptors (Lipinski definition) is 4. The van der Waals surface area contributed by atoms with Crippen LogP contribution in [0.4, 0.5) is 0 Å². The highest BCUT2D eigenvalue weighted by Gasteiger charge is 2.12. The lowest BCUT2D eigenvalue weighted by Gasteiger charge is -2.14. The summed E-state index contributed by atoms with van der Waals surface area (Å²) in [6.07, 6.45) is 3.97. The molecule has 3 aromatic carbocycles. The molecule has 0 saturated heterocycles. The van der Waals surface area contributed by atoms with Crippen LogP contribution in [0.2, 0.25) is 0 Å². The SMILES string of the molecule is COc1ccc(-c2nc3ccccc3c(=O)n2CCCCCCOc2ccccc2I)cc1. The van der Waals surface area contributed by atoms with Crippen LogP contribution in [0.15, 0.2) is 77.6 Å². The quantitative estimate of drug-likeness (QED) is 0.170. The van der Waals surface area contributed by atoms with Crippen LogP contribution >= 0.6 is 22.6 Å². The van der Waals surface area contributed by atoms with Gasteiger partial charge in [-0.3, -0.25) is 9.36 Å². The molecule has 0 spiro atoms. The van der Waals surface area contributed by atoms with Crippen molar-refractivity contribution in [1.82, 2.24) is 9.55 Å². The van der Waals surface area contributed by atoms with Gasteiger partial charge in [0, 0.05) is 12.1 Å². The van der Waals surface area contributed by atoms with Crippen LogP contribution in [0.3, 0.4) is 0 Å². The van der Waals surface area contributed by atoms with E-state index < -0.39 is 0 Å². The number of ether oxygens (including phenoxy) is 2. The van der Waals surface area contributed by atoms with Gasteiger partial charge in [-0.2, -0.15) is 0 Å². The van der Waals surface area contributed by atoms with Crippen molar-refractivity contribution in [1.29, 1.82) is 0 Å². The Kier molecular flexibility index (Phi) is 7.99. The summed E-state index contributed by atoms with van der Waals surface area (Å²) in [6.45, 7) is 1.34. The molecule has 5 nitrogen and oxygen atoms in total. The highest BCUT2D eigenvalue weighted by molar-refractivity contribution is 14.1. The van der Waals surface area contributed by atoms with E-state index in [0.29, 0.717) is 24.4 Å². The van der Waals surface area contributed by atoms with Crippen molar-refractivity contribution in [3.63, 3.8) is 0 Å². The maximum Gasteiger partial charge on any atom is 0.261 e. The standard InChI is InChI=1S/C27H27IN2O3/c1-32-21-16-14-20(15-17-21)26-29-24-12-6-4-10-22(24)27(31)30(26)18-8-2-3-9-19-33-25-13-7-5-11-23(25)28/h4-7,10-17H,2-3,8-9,18-19H2,1H3. The smallest absolute Gasteiger partial charge is 0.261 e. The Morgan fingerprint density at radius 1 is 0.879 bits per heavy atom. The third kappa shape index (κ3) is 5.74. The number of methoxy groups -OCH3 is 1. The van der Waals surface area contributed by atoms with Crippen molar-refractivity contribution >= 4 is 33.5 Å². The van der Waals surface area contributed by atoms with Crippen LogP contribution in [0.5, 0.6) is 11.5 Å². The zero-order chi connectivity index (χ0) is 23.0. The Morgan fingerprint density at radius 3 is 2.39 bits per heavy atom. The summed E-state index contributed by atoms with van der Waals surface area (Å²) in [5.74, 6) is 2.42. The normalized spacial score (nSPS) is 11.0. The van der Waals surface area contributed by atoms with Crippen molar-refractivity contribution in [2.75, 3.05) is 13.7 Å². The monoisotopic (exact) mass is 554 g/mol. The van der Waals surface area contributed by atoms with E-state index >= 15 is 0 Å². The minimum Gasteiger partial charge on any atom is -0.497 e. The predicted molar refractivity (Wildman–Crippen MR) is 141 cm³/mol. The van der Waals surface area contributed by atoms with Crippen molar-refractivity contribution in [2.45, 2.75) is 32.2 Å². The van der Waals surface area contributed by atoms with Gasteiger partial charge in [-0.1, -0.05) is 37.1 Å². The molecule has 0 aliphatic heterocycles. The summed E-state index contributed by atoms with van der Waals surface area (Å²) < 4.78 is 14.1. The van der Waals surface area contributed by atoms with Gasteiger partial charge < -0.3 is 9.47 Å². The van der Waals surface area contributed by atoms with Crippen molar-refractivity contribution in [3.8, 4) is 22.9 Å². The minimum atomic E-state index is 0.00778. The van der Waals surface area contributed by atoms with Gasteiger partial charge in [0.1, 0.15) is 17.3 Å². The van der Waals surface area contributed by atoms with Gasteiger partial charge in [-0.25, -0.2) is 4.98 Å². The average molecular weight is 554 g/mol. The molecule has 1 aromatic heterocycles. The molecule has 0 amide bonds. The van der Waals surface area contributed by atoms with E-state index in [1.165, 1.54) is 0 Å². The molecule has 0 aliphatic rings. The Balaban J connectivity index is 1.42. The second kappa shape index (κ2) is 11.3. The van der Waals surface area contributed by atoms with Crippen LogP contribution in [0.25, 0.3) is 22.3 Å². The van der Waals surface area contributed by atoms with Crippen molar-refractivity contribution in [3.05, 3.63) is 86.7 Å². The molecule has 4 aromatic rings. The summed E-state index contributed by atoms with van der Waals surface area (Å²) in [4.78, 5) is 18.1. The van der Waals surface area contributed by atoms with Gasteiger partial charge in [-0.15, -0.1) is 0 Å². The number of benzene rings is 3. The van der Waals surface area contributed by atoms with Crippen molar-refractivity contribution in [2.24, 2.45) is 0 Å². The number of nitrogens with zero attached hydrogens (tertiary/aromatic N) is 2. The molecule has 0 bridgehead atoms. The molecule has 170 valence electrons. The molecule has 0 unspecified atom stereocenters. The fourth-order valence-electron chi connectivity index (χ4n) is 3.81. The topological polar surface area (TPSA) is 53.3 Å².